The van der Waals surface area contributed by atoms with Gasteiger partial charge in [0.25, 0.3) is 5.91 Å². The maximum atomic E-state index is 12.3. The van der Waals surface area contributed by atoms with Crippen LogP contribution in [0.4, 0.5) is 0 Å². The van der Waals surface area contributed by atoms with E-state index < -0.39 is 0 Å². The number of thiazole rings is 1. The summed E-state index contributed by atoms with van der Waals surface area (Å²) in [5, 5.41) is 11.6. The lowest BCUT2D eigenvalue weighted by atomic mass is 9.99. The molecule has 1 aliphatic heterocycles. The Labute approximate surface area is 235 Å². The van der Waals surface area contributed by atoms with Gasteiger partial charge in [0.15, 0.2) is 6.61 Å². The lowest BCUT2D eigenvalue weighted by Gasteiger charge is -2.14. The van der Waals surface area contributed by atoms with E-state index >= 15 is 0 Å². The molecule has 0 saturated carbocycles. The average Bonchev–Trinajstić information content (AvgIpc) is 3.73. The number of nitrogens with zero attached hydrogens (tertiary/aromatic N) is 2. The SMILES string of the molecule is N=C(N)c1ccc2sc(C(Cc3cccc(OCC(=O)NCC4CCCO4)c3)c3nc4ccccc4[nH]3)nc2c1. The number of hydrogen-bond donors (Lipinski definition) is 4. The minimum absolute atomic E-state index is 0.0163. The molecule has 5 N–H and O–H groups in total. The summed E-state index contributed by atoms with van der Waals surface area (Å²) in [6, 6.07) is 21.4. The average molecular weight is 555 g/mol. The minimum atomic E-state index is -0.166. The van der Waals surface area contributed by atoms with Gasteiger partial charge in [-0.15, -0.1) is 11.3 Å². The van der Waals surface area contributed by atoms with Crippen LogP contribution in [-0.4, -0.2) is 52.6 Å². The molecule has 0 aliphatic carbocycles. The Morgan fingerprint density at radius 2 is 2.05 bits per heavy atom. The van der Waals surface area contributed by atoms with Gasteiger partial charge >= 0.3 is 0 Å². The van der Waals surface area contributed by atoms with E-state index in [1.54, 1.807) is 11.3 Å². The summed E-state index contributed by atoms with van der Waals surface area (Å²) >= 11 is 1.61. The van der Waals surface area contributed by atoms with Crippen molar-refractivity contribution >= 4 is 44.3 Å². The third kappa shape index (κ3) is 5.83. The van der Waals surface area contributed by atoms with Crippen LogP contribution in [0.5, 0.6) is 5.75 Å². The van der Waals surface area contributed by atoms with Gasteiger partial charge in [0.05, 0.1) is 33.3 Å². The largest absolute Gasteiger partial charge is 0.484 e. The second-order valence-electron chi connectivity index (χ2n) is 9.92. The van der Waals surface area contributed by atoms with E-state index in [9.17, 15) is 4.79 Å². The maximum Gasteiger partial charge on any atom is 0.258 e. The topological polar surface area (TPSA) is 139 Å². The lowest BCUT2D eigenvalue weighted by molar-refractivity contribution is -0.123. The van der Waals surface area contributed by atoms with Gasteiger partial charge in [-0.2, -0.15) is 0 Å². The molecule has 1 amide bonds. The van der Waals surface area contributed by atoms with Gasteiger partial charge in [-0.1, -0.05) is 24.3 Å². The molecular weight excluding hydrogens is 524 g/mol. The smallest absolute Gasteiger partial charge is 0.258 e. The summed E-state index contributed by atoms with van der Waals surface area (Å²) in [6.07, 6.45) is 2.73. The molecule has 2 aromatic heterocycles. The Kier molecular flexibility index (Phi) is 7.43. The number of aromatic nitrogens is 3. The highest BCUT2D eigenvalue weighted by atomic mass is 32.1. The van der Waals surface area contributed by atoms with Crippen molar-refractivity contribution in [1.82, 2.24) is 20.3 Å². The second-order valence-corrected chi connectivity index (χ2v) is 11.0. The zero-order chi connectivity index (χ0) is 27.5. The predicted molar refractivity (Wildman–Crippen MR) is 156 cm³/mol. The van der Waals surface area contributed by atoms with Crippen LogP contribution in [0.15, 0.2) is 66.7 Å². The number of carbonyl (C=O) groups excluding carboxylic acids is 1. The van der Waals surface area contributed by atoms with Gasteiger partial charge in [0.2, 0.25) is 0 Å². The highest BCUT2D eigenvalue weighted by Crippen LogP contribution is 2.35. The summed E-state index contributed by atoms with van der Waals surface area (Å²) in [5.41, 5.74) is 10.1. The van der Waals surface area contributed by atoms with E-state index in [2.05, 4.69) is 10.3 Å². The normalized spacial score (nSPS) is 15.8. The number of nitrogens with one attached hydrogen (secondary N) is 3. The number of carbonyl (C=O) groups is 1. The molecule has 204 valence electrons. The Bertz CT molecular complexity index is 1640. The molecule has 10 heteroatoms. The number of para-hydroxylation sites is 2. The Balaban J connectivity index is 1.23. The second kappa shape index (κ2) is 11.4. The first-order chi connectivity index (χ1) is 19.5. The number of ether oxygens (including phenoxy) is 2. The lowest BCUT2D eigenvalue weighted by Crippen LogP contribution is -2.35. The fraction of sp³-hybridized carbons (Fsp3) is 0.267. The van der Waals surface area contributed by atoms with Crippen LogP contribution >= 0.6 is 11.3 Å². The van der Waals surface area contributed by atoms with Crippen molar-refractivity contribution in [2.45, 2.75) is 31.3 Å². The third-order valence-corrected chi connectivity index (χ3v) is 8.16. The van der Waals surface area contributed by atoms with Crippen molar-refractivity contribution in [2.24, 2.45) is 5.73 Å². The Morgan fingerprint density at radius 1 is 1.15 bits per heavy atom. The van der Waals surface area contributed by atoms with E-state index in [0.29, 0.717) is 24.3 Å². The summed E-state index contributed by atoms with van der Waals surface area (Å²) in [4.78, 5) is 25.6. The van der Waals surface area contributed by atoms with Crippen LogP contribution in [0, 0.1) is 5.41 Å². The van der Waals surface area contributed by atoms with Crippen molar-refractivity contribution in [1.29, 1.82) is 5.41 Å². The molecule has 1 saturated heterocycles. The number of amidine groups is 1. The van der Waals surface area contributed by atoms with Crippen LogP contribution < -0.4 is 15.8 Å². The fourth-order valence-electron chi connectivity index (χ4n) is 4.93. The molecule has 2 unspecified atom stereocenters. The molecule has 1 fully saturated rings. The number of imidazole rings is 1. The number of hydrogen-bond acceptors (Lipinski definition) is 7. The van der Waals surface area contributed by atoms with Gasteiger partial charge in [0.1, 0.15) is 22.4 Å². The van der Waals surface area contributed by atoms with Crippen molar-refractivity contribution in [3.8, 4) is 5.75 Å². The predicted octanol–water partition coefficient (Wildman–Crippen LogP) is 4.51. The summed E-state index contributed by atoms with van der Waals surface area (Å²) < 4.78 is 12.4. The molecule has 9 nitrogen and oxygen atoms in total. The zero-order valence-corrected chi connectivity index (χ0v) is 22.7. The van der Waals surface area contributed by atoms with Crippen LogP contribution in [0.1, 0.15) is 40.7 Å². The van der Waals surface area contributed by atoms with Crippen molar-refractivity contribution in [2.75, 3.05) is 19.8 Å². The quantitative estimate of drug-likeness (QED) is 0.148. The first-order valence-corrected chi connectivity index (χ1v) is 14.1. The van der Waals surface area contributed by atoms with Crippen LogP contribution in [0.2, 0.25) is 0 Å². The molecule has 0 radical (unpaired) electrons. The number of aromatic amines is 1. The van der Waals surface area contributed by atoms with Crippen LogP contribution in [-0.2, 0) is 16.0 Å². The molecule has 3 heterocycles. The Morgan fingerprint density at radius 3 is 2.88 bits per heavy atom. The van der Waals surface area contributed by atoms with Gasteiger partial charge in [-0.3, -0.25) is 10.2 Å². The number of nitrogens with two attached hydrogens (primary N) is 1. The maximum absolute atomic E-state index is 12.3. The van der Waals surface area contributed by atoms with Gasteiger partial charge < -0.3 is 25.5 Å². The molecule has 1 aliphatic rings. The first kappa shape index (κ1) is 26.0. The summed E-state index contributed by atoms with van der Waals surface area (Å²) in [7, 11) is 0. The number of H-pyrrole nitrogens is 1. The number of rotatable bonds is 10. The molecule has 3 aromatic carbocycles. The van der Waals surface area contributed by atoms with E-state index in [4.69, 9.17) is 30.6 Å². The number of amides is 1. The number of fused-ring (bicyclic) bond motifs is 2. The highest BCUT2D eigenvalue weighted by Gasteiger charge is 2.23. The molecule has 6 rings (SSSR count). The van der Waals surface area contributed by atoms with Gasteiger partial charge in [-0.05, 0) is 67.3 Å². The first-order valence-electron chi connectivity index (χ1n) is 13.3. The van der Waals surface area contributed by atoms with Crippen molar-refractivity contribution < 1.29 is 14.3 Å². The minimum Gasteiger partial charge on any atom is -0.484 e. The van der Waals surface area contributed by atoms with Crippen LogP contribution in [0.3, 0.4) is 0 Å². The summed E-state index contributed by atoms with van der Waals surface area (Å²) in [5.74, 6) is 1.16. The van der Waals surface area contributed by atoms with E-state index in [-0.39, 0.29) is 30.4 Å². The third-order valence-electron chi connectivity index (χ3n) is 7.01. The molecule has 0 bridgehead atoms. The van der Waals surface area contributed by atoms with E-state index in [0.717, 1.165) is 57.1 Å². The monoisotopic (exact) mass is 554 g/mol. The molecule has 40 heavy (non-hydrogen) atoms. The fourth-order valence-corrected chi connectivity index (χ4v) is 5.98. The molecule has 5 aromatic rings. The van der Waals surface area contributed by atoms with E-state index in [1.165, 1.54) is 0 Å². The Hall–Kier alpha value is -4.28. The number of benzene rings is 3. The standard InChI is InChI=1S/C30H30N6O3S/c31-28(32)19-10-11-26-25(15-19)36-30(40-26)22(29-34-23-8-1-2-9-24(23)35-29)14-18-5-3-6-20(13-18)39-17-27(37)33-16-21-7-4-12-38-21/h1-3,5-6,8-11,13,15,21-22H,4,7,12,14,16-17H2,(H3,31,32)(H,33,37)(H,34,35). The van der Waals surface area contributed by atoms with Crippen molar-refractivity contribution in [3.05, 3.63) is 88.7 Å². The summed E-state index contributed by atoms with van der Waals surface area (Å²) in [6.45, 7) is 1.21. The van der Waals surface area contributed by atoms with Crippen LogP contribution in [0.25, 0.3) is 21.3 Å². The molecular formula is C30H30N6O3S. The van der Waals surface area contributed by atoms with E-state index in [1.807, 2.05) is 66.7 Å². The van der Waals surface area contributed by atoms with Gasteiger partial charge in [0, 0.05) is 18.7 Å². The number of nitrogen functional groups attached to an aromatic ring is 1. The van der Waals surface area contributed by atoms with Crippen molar-refractivity contribution in [3.63, 3.8) is 0 Å². The van der Waals surface area contributed by atoms with Gasteiger partial charge in [-0.25, -0.2) is 9.97 Å². The molecule has 0 spiro atoms. The zero-order valence-electron chi connectivity index (χ0n) is 21.9. The highest BCUT2D eigenvalue weighted by molar-refractivity contribution is 7.18. The molecule has 2 atom stereocenters.